The van der Waals surface area contributed by atoms with Gasteiger partial charge in [0.1, 0.15) is 17.3 Å². The molecule has 0 aromatic heterocycles. The normalized spacial score (nSPS) is 20.8. The van der Waals surface area contributed by atoms with E-state index in [2.05, 4.69) is 0 Å². The molecule has 2 fully saturated rings. The molecule has 0 radical (unpaired) electrons. The molecule has 7 heteroatoms. The van der Waals surface area contributed by atoms with Gasteiger partial charge in [0.25, 0.3) is 11.7 Å². The van der Waals surface area contributed by atoms with Crippen LogP contribution in [-0.4, -0.2) is 41.5 Å². The molecule has 6 nitrogen and oxygen atoms in total. The van der Waals surface area contributed by atoms with Crippen LogP contribution < -0.4 is 9.47 Å². The minimum absolute atomic E-state index is 0.0365. The Kier molecular flexibility index (Phi) is 6.94. The third kappa shape index (κ3) is 4.44. The number of hydrogen-bond donors (Lipinski definition) is 1. The van der Waals surface area contributed by atoms with Crippen molar-refractivity contribution in [3.63, 3.8) is 0 Å². The average molecular weight is 470 g/mol. The number of benzene rings is 2. The number of nitrogens with zero attached hydrogens (tertiary/aromatic N) is 1. The van der Waals surface area contributed by atoms with E-state index in [1.54, 1.807) is 23.1 Å². The van der Waals surface area contributed by atoms with Crippen LogP contribution >= 0.6 is 11.6 Å². The first kappa shape index (κ1) is 23.2. The molecule has 33 heavy (non-hydrogen) atoms. The highest BCUT2D eigenvalue weighted by molar-refractivity contribution is 6.47. The van der Waals surface area contributed by atoms with E-state index in [1.807, 2.05) is 31.2 Å². The predicted molar refractivity (Wildman–Crippen MR) is 127 cm³/mol. The van der Waals surface area contributed by atoms with Crippen LogP contribution in [0.5, 0.6) is 11.5 Å². The number of amides is 1. The van der Waals surface area contributed by atoms with Gasteiger partial charge in [0.05, 0.1) is 30.4 Å². The Labute approximate surface area is 198 Å². The van der Waals surface area contributed by atoms with Crippen LogP contribution in [0, 0.1) is 0 Å². The number of aliphatic hydroxyl groups excluding tert-OH is 1. The molecule has 1 aliphatic heterocycles. The number of hydrogen-bond acceptors (Lipinski definition) is 5. The number of aliphatic hydroxyl groups is 1. The Morgan fingerprint density at radius 1 is 1.09 bits per heavy atom. The van der Waals surface area contributed by atoms with Crippen LogP contribution in [0.4, 0.5) is 0 Å². The van der Waals surface area contributed by atoms with Gasteiger partial charge in [-0.2, -0.15) is 0 Å². The summed E-state index contributed by atoms with van der Waals surface area (Å²) in [4.78, 5) is 28.3. The SMILES string of the molecule is CCOc1cccc(C2/C(=C(\O)c3cc(OC)ccc3Cl)C(=O)C(=O)N2C2CCCCC2)c1. The molecule has 2 aromatic carbocycles. The lowest BCUT2D eigenvalue weighted by Gasteiger charge is -2.35. The highest BCUT2D eigenvalue weighted by Gasteiger charge is 2.49. The molecule has 1 unspecified atom stereocenters. The third-order valence-corrected chi connectivity index (χ3v) is 6.69. The van der Waals surface area contributed by atoms with Crippen molar-refractivity contribution in [2.45, 2.75) is 51.1 Å². The Morgan fingerprint density at radius 3 is 2.55 bits per heavy atom. The van der Waals surface area contributed by atoms with E-state index in [0.29, 0.717) is 23.7 Å². The second-order valence-corrected chi connectivity index (χ2v) is 8.76. The molecule has 1 heterocycles. The van der Waals surface area contributed by atoms with Crippen molar-refractivity contribution in [2.24, 2.45) is 0 Å². The summed E-state index contributed by atoms with van der Waals surface area (Å²) in [6.07, 6.45) is 4.77. The fourth-order valence-corrected chi connectivity index (χ4v) is 5.02. The van der Waals surface area contributed by atoms with E-state index in [1.165, 1.54) is 7.11 Å². The Hall–Kier alpha value is -2.99. The lowest BCUT2D eigenvalue weighted by molar-refractivity contribution is -0.141. The summed E-state index contributed by atoms with van der Waals surface area (Å²) in [7, 11) is 1.51. The van der Waals surface area contributed by atoms with Crippen LogP contribution in [0.1, 0.15) is 56.2 Å². The molecule has 1 atom stereocenters. The molecule has 174 valence electrons. The van der Waals surface area contributed by atoms with Crippen LogP contribution in [0.25, 0.3) is 5.76 Å². The Morgan fingerprint density at radius 2 is 1.85 bits per heavy atom. The molecule has 4 rings (SSSR count). The van der Waals surface area contributed by atoms with Crippen LogP contribution in [0.2, 0.25) is 5.02 Å². The van der Waals surface area contributed by atoms with E-state index < -0.39 is 17.7 Å². The molecular weight excluding hydrogens is 442 g/mol. The number of likely N-dealkylation sites (tertiary alicyclic amines) is 1. The largest absolute Gasteiger partial charge is 0.507 e. The topological polar surface area (TPSA) is 76.1 Å². The zero-order chi connectivity index (χ0) is 23.5. The zero-order valence-electron chi connectivity index (χ0n) is 18.8. The Balaban J connectivity index is 1.90. The maximum absolute atomic E-state index is 13.3. The van der Waals surface area contributed by atoms with Crippen molar-refractivity contribution in [1.29, 1.82) is 0 Å². The van der Waals surface area contributed by atoms with Gasteiger partial charge in [0.15, 0.2) is 0 Å². The fraction of sp³-hybridized carbons (Fsp3) is 0.385. The number of ketones is 1. The molecule has 1 amide bonds. The van der Waals surface area contributed by atoms with Gasteiger partial charge in [-0.25, -0.2) is 0 Å². The quantitative estimate of drug-likeness (QED) is 0.343. The van der Waals surface area contributed by atoms with Crippen LogP contribution in [0.3, 0.4) is 0 Å². The summed E-state index contributed by atoms with van der Waals surface area (Å²) in [5.74, 6) is -0.471. The molecule has 2 aromatic rings. The predicted octanol–water partition coefficient (Wildman–Crippen LogP) is 5.50. The van der Waals surface area contributed by atoms with Crippen LogP contribution in [-0.2, 0) is 9.59 Å². The molecule has 1 saturated heterocycles. The fourth-order valence-electron chi connectivity index (χ4n) is 4.81. The standard InChI is InChI=1S/C26H28ClNO5/c1-3-33-19-11-7-8-16(14-19)23-22(24(29)20-15-18(32-2)12-13-21(20)27)25(30)26(31)28(23)17-9-5-4-6-10-17/h7-8,11-15,17,23,29H,3-6,9-10H2,1-2H3/b24-22+. The van der Waals surface area contributed by atoms with Gasteiger partial charge in [-0.15, -0.1) is 0 Å². The van der Waals surface area contributed by atoms with Crippen molar-refractivity contribution in [1.82, 2.24) is 4.90 Å². The summed E-state index contributed by atoms with van der Waals surface area (Å²) < 4.78 is 10.9. The third-order valence-electron chi connectivity index (χ3n) is 6.36. The number of Topliss-reactive ketones (excluding diaryl/α,β-unsaturated/α-hetero) is 1. The summed E-state index contributed by atoms with van der Waals surface area (Å²) in [6, 6.07) is 11.4. The second kappa shape index (κ2) is 9.87. The van der Waals surface area contributed by atoms with Gasteiger partial charge < -0.3 is 19.5 Å². The maximum Gasteiger partial charge on any atom is 0.295 e. The monoisotopic (exact) mass is 469 g/mol. The van der Waals surface area contributed by atoms with Gasteiger partial charge in [-0.05, 0) is 55.7 Å². The highest BCUT2D eigenvalue weighted by atomic mass is 35.5. The molecule has 2 aliphatic rings. The van der Waals surface area contributed by atoms with Crippen molar-refractivity contribution in [2.75, 3.05) is 13.7 Å². The number of ether oxygens (including phenoxy) is 2. The number of carbonyl (C=O) groups excluding carboxylic acids is 2. The first-order valence-electron chi connectivity index (χ1n) is 11.3. The molecule has 1 N–H and O–H groups in total. The second-order valence-electron chi connectivity index (χ2n) is 8.35. The van der Waals surface area contributed by atoms with Gasteiger partial charge in [0.2, 0.25) is 0 Å². The molecule has 0 spiro atoms. The summed E-state index contributed by atoms with van der Waals surface area (Å²) >= 11 is 6.38. The average Bonchev–Trinajstić information content (AvgIpc) is 3.10. The number of halogens is 1. The molecule has 1 aliphatic carbocycles. The summed E-state index contributed by atoms with van der Waals surface area (Å²) in [6.45, 7) is 2.39. The van der Waals surface area contributed by atoms with Crippen molar-refractivity contribution >= 4 is 29.1 Å². The Bertz CT molecular complexity index is 1090. The first-order chi connectivity index (χ1) is 16.0. The lowest BCUT2D eigenvalue weighted by Crippen LogP contribution is -2.40. The lowest BCUT2D eigenvalue weighted by atomic mass is 9.91. The van der Waals surface area contributed by atoms with Crippen molar-refractivity contribution in [3.8, 4) is 11.5 Å². The highest BCUT2D eigenvalue weighted by Crippen LogP contribution is 2.44. The first-order valence-corrected chi connectivity index (χ1v) is 11.7. The van der Waals surface area contributed by atoms with Crippen LogP contribution in [0.15, 0.2) is 48.0 Å². The van der Waals surface area contributed by atoms with Gasteiger partial charge >= 0.3 is 0 Å². The van der Waals surface area contributed by atoms with Crippen molar-refractivity contribution < 1.29 is 24.2 Å². The van der Waals surface area contributed by atoms with E-state index in [-0.39, 0.29) is 28.0 Å². The molecule has 1 saturated carbocycles. The van der Waals surface area contributed by atoms with E-state index in [9.17, 15) is 14.7 Å². The minimum atomic E-state index is -0.726. The summed E-state index contributed by atoms with van der Waals surface area (Å²) in [5.41, 5.74) is 1.00. The van der Waals surface area contributed by atoms with E-state index >= 15 is 0 Å². The number of methoxy groups -OCH3 is 1. The number of rotatable bonds is 6. The smallest absolute Gasteiger partial charge is 0.295 e. The van der Waals surface area contributed by atoms with Crippen molar-refractivity contribution in [3.05, 3.63) is 64.2 Å². The van der Waals surface area contributed by atoms with Gasteiger partial charge in [-0.3, -0.25) is 9.59 Å². The van der Waals surface area contributed by atoms with Gasteiger partial charge in [0, 0.05) is 11.6 Å². The maximum atomic E-state index is 13.3. The summed E-state index contributed by atoms with van der Waals surface area (Å²) in [5, 5.41) is 11.6. The van der Waals surface area contributed by atoms with E-state index in [4.69, 9.17) is 21.1 Å². The van der Waals surface area contributed by atoms with Gasteiger partial charge in [-0.1, -0.05) is 43.0 Å². The molecule has 0 bridgehead atoms. The minimum Gasteiger partial charge on any atom is -0.507 e. The zero-order valence-corrected chi connectivity index (χ0v) is 19.6. The number of carbonyl (C=O) groups is 2. The van der Waals surface area contributed by atoms with E-state index in [0.717, 1.165) is 32.1 Å². The molecular formula is C26H28ClNO5.